The van der Waals surface area contributed by atoms with E-state index in [1.54, 1.807) is 30.5 Å². The predicted octanol–water partition coefficient (Wildman–Crippen LogP) is 4.30. The van der Waals surface area contributed by atoms with Gasteiger partial charge in [-0.25, -0.2) is 9.37 Å². The van der Waals surface area contributed by atoms with Crippen LogP contribution in [0.5, 0.6) is 0 Å². The zero-order valence-corrected chi connectivity index (χ0v) is 17.5. The zero-order valence-electron chi connectivity index (χ0n) is 17.5. The minimum absolute atomic E-state index is 0.0236. The van der Waals surface area contributed by atoms with E-state index in [1.165, 1.54) is 12.3 Å². The van der Waals surface area contributed by atoms with Crippen molar-refractivity contribution in [2.24, 2.45) is 11.8 Å². The SMILES string of the molecule is N#Cc1ccc(NC(=O)CC2(O)C[C@H]3CC(c4ccnc5ccc(F)cc45)C[C@H]3C2)nc1. The maximum absolute atomic E-state index is 13.8. The molecular formula is C25H23FN4O2. The van der Waals surface area contributed by atoms with Crippen LogP contribution in [0.2, 0.25) is 0 Å². The van der Waals surface area contributed by atoms with Crippen molar-refractivity contribution in [2.75, 3.05) is 5.32 Å². The number of carbonyl (C=O) groups excluding carboxylic acids is 1. The molecule has 2 aliphatic carbocycles. The van der Waals surface area contributed by atoms with Crippen LogP contribution in [-0.4, -0.2) is 26.6 Å². The zero-order chi connectivity index (χ0) is 22.3. The molecule has 2 aromatic heterocycles. The highest BCUT2D eigenvalue weighted by Crippen LogP contribution is 2.55. The molecule has 6 nitrogen and oxygen atoms in total. The van der Waals surface area contributed by atoms with Gasteiger partial charge in [-0.05, 0) is 85.4 Å². The number of rotatable bonds is 4. The molecule has 1 amide bonds. The molecule has 0 aliphatic heterocycles. The van der Waals surface area contributed by atoms with Gasteiger partial charge in [0.15, 0.2) is 0 Å². The largest absolute Gasteiger partial charge is 0.389 e. The van der Waals surface area contributed by atoms with Crippen molar-refractivity contribution < 1.29 is 14.3 Å². The van der Waals surface area contributed by atoms with Crippen molar-refractivity contribution in [2.45, 2.75) is 43.6 Å². The van der Waals surface area contributed by atoms with E-state index in [2.05, 4.69) is 15.3 Å². The molecule has 7 heteroatoms. The molecule has 2 saturated carbocycles. The summed E-state index contributed by atoms with van der Waals surface area (Å²) in [6, 6.07) is 11.8. The van der Waals surface area contributed by atoms with Crippen molar-refractivity contribution in [1.82, 2.24) is 9.97 Å². The molecule has 2 aliphatic rings. The maximum Gasteiger partial charge on any atom is 0.228 e. The molecule has 2 unspecified atom stereocenters. The number of hydrogen-bond donors (Lipinski definition) is 2. The molecule has 2 N–H and O–H groups in total. The van der Waals surface area contributed by atoms with Gasteiger partial charge in [-0.3, -0.25) is 9.78 Å². The van der Waals surface area contributed by atoms with Crippen molar-refractivity contribution in [3.05, 3.63) is 65.7 Å². The number of anilines is 1. The molecule has 0 radical (unpaired) electrons. The highest BCUT2D eigenvalue weighted by Gasteiger charge is 2.49. The van der Waals surface area contributed by atoms with Crippen LogP contribution < -0.4 is 5.32 Å². The third kappa shape index (κ3) is 3.94. The molecule has 0 spiro atoms. The van der Waals surface area contributed by atoms with Gasteiger partial charge < -0.3 is 10.4 Å². The third-order valence-electron chi connectivity index (χ3n) is 6.95. The molecule has 0 saturated heterocycles. The van der Waals surface area contributed by atoms with E-state index in [4.69, 9.17) is 5.26 Å². The van der Waals surface area contributed by atoms with Crippen molar-refractivity contribution >= 4 is 22.6 Å². The molecule has 3 aromatic rings. The van der Waals surface area contributed by atoms with Crippen LogP contribution in [0, 0.1) is 29.0 Å². The van der Waals surface area contributed by atoms with E-state index in [1.807, 2.05) is 12.1 Å². The van der Waals surface area contributed by atoms with Gasteiger partial charge in [0.2, 0.25) is 5.91 Å². The number of halogens is 1. The van der Waals surface area contributed by atoms with Crippen LogP contribution in [0.25, 0.3) is 10.9 Å². The van der Waals surface area contributed by atoms with Crippen molar-refractivity contribution in [3.8, 4) is 6.07 Å². The second-order valence-corrected chi connectivity index (χ2v) is 9.15. The van der Waals surface area contributed by atoms with Gasteiger partial charge in [-0.1, -0.05) is 0 Å². The number of benzene rings is 1. The molecule has 2 heterocycles. The van der Waals surface area contributed by atoms with E-state index in [-0.39, 0.29) is 18.1 Å². The van der Waals surface area contributed by atoms with Crippen LogP contribution >= 0.6 is 0 Å². The van der Waals surface area contributed by atoms with Gasteiger partial charge in [0, 0.05) is 17.8 Å². The average molecular weight is 430 g/mol. The summed E-state index contributed by atoms with van der Waals surface area (Å²) in [7, 11) is 0. The summed E-state index contributed by atoms with van der Waals surface area (Å²) in [5.74, 6) is 0.801. The van der Waals surface area contributed by atoms with E-state index in [0.29, 0.717) is 42.0 Å². The number of nitrogens with zero attached hydrogens (tertiary/aromatic N) is 3. The first kappa shape index (κ1) is 20.5. The van der Waals surface area contributed by atoms with Crippen LogP contribution in [-0.2, 0) is 4.79 Å². The fourth-order valence-corrected chi connectivity index (χ4v) is 5.69. The third-order valence-corrected chi connectivity index (χ3v) is 6.95. The Labute approximate surface area is 185 Å². The lowest BCUT2D eigenvalue weighted by molar-refractivity contribution is -0.121. The number of aliphatic hydroxyl groups is 1. The Kier molecular flexibility index (Phi) is 5.10. The highest BCUT2D eigenvalue weighted by atomic mass is 19.1. The smallest absolute Gasteiger partial charge is 0.228 e. The number of nitriles is 1. The fourth-order valence-electron chi connectivity index (χ4n) is 5.69. The summed E-state index contributed by atoms with van der Waals surface area (Å²) in [5.41, 5.74) is 1.32. The first-order chi connectivity index (χ1) is 15.4. The molecule has 1 aromatic carbocycles. The highest BCUT2D eigenvalue weighted by molar-refractivity contribution is 5.90. The summed E-state index contributed by atoms with van der Waals surface area (Å²) < 4.78 is 13.8. The molecule has 2 fully saturated rings. The molecular weight excluding hydrogens is 407 g/mol. The Morgan fingerprint density at radius 3 is 2.66 bits per heavy atom. The summed E-state index contributed by atoms with van der Waals surface area (Å²) in [4.78, 5) is 20.9. The van der Waals surface area contributed by atoms with Gasteiger partial charge in [0.05, 0.1) is 23.1 Å². The summed E-state index contributed by atoms with van der Waals surface area (Å²) >= 11 is 0. The van der Waals surface area contributed by atoms with E-state index < -0.39 is 5.60 Å². The average Bonchev–Trinajstić information content (AvgIpc) is 3.28. The second-order valence-electron chi connectivity index (χ2n) is 9.15. The Balaban J connectivity index is 1.24. The van der Waals surface area contributed by atoms with Gasteiger partial charge in [0.1, 0.15) is 17.7 Å². The molecule has 5 rings (SSSR count). The molecule has 4 atom stereocenters. The van der Waals surface area contributed by atoms with Crippen LogP contribution in [0.4, 0.5) is 10.2 Å². The van der Waals surface area contributed by atoms with E-state index in [0.717, 1.165) is 29.3 Å². The molecule has 162 valence electrons. The van der Waals surface area contributed by atoms with Gasteiger partial charge >= 0.3 is 0 Å². The number of carbonyl (C=O) groups is 1. The normalized spacial score (nSPS) is 26.6. The lowest BCUT2D eigenvalue weighted by Gasteiger charge is -2.24. The standard InChI is InChI=1S/C25H23FN4O2/c26-19-2-3-22-21(9-19)20(5-6-28-22)16-7-17-10-25(32,11-18(17)8-16)12-24(31)30-23-4-1-15(13-27)14-29-23/h1-6,9,14,16-18,32H,7-8,10-12H2,(H,29,30,31)/t16?,17-,18+,25?. The number of nitrogens with one attached hydrogen (secondary N) is 1. The molecule has 0 bridgehead atoms. The Hall–Kier alpha value is -3.37. The number of amides is 1. The quantitative estimate of drug-likeness (QED) is 0.643. The number of hydrogen-bond acceptors (Lipinski definition) is 5. The maximum atomic E-state index is 13.8. The lowest BCUT2D eigenvalue weighted by atomic mass is 9.87. The first-order valence-electron chi connectivity index (χ1n) is 10.8. The lowest BCUT2D eigenvalue weighted by Crippen LogP contribution is -2.32. The summed E-state index contributed by atoms with van der Waals surface area (Å²) in [6.45, 7) is 0. The monoisotopic (exact) mass is 430 g/mol. The van der Waals surface area contributed by atoms with Crippen molar-refractivity contribution in [3.63, 3.8) is 0 Å². The van der Waals surface area contributed by atoms with Gasteiger partial charge in [0.25, 0.3) is 0 Å². The van der Waals surface area contributed by atoms with Crippen LogP contribution in [0.3, 0.4) is 0 Å². The number of fused-ring (bicyclic) bond motifs is 2. The Morgan fingerprint density at radius 2 is 1.97 bits per heavy atom. The minimum Gasteiger partial charge on any atom is -0.389 e. The summed E-state index contributed by atoms with van der Waals surface area (Å²) in [5, 5.41) is 23.5. The molecule has 32 heavy (non-hydrogen) atoms. The predicted molar refractivity (Wildman–Crippen MR) is 117 cm³/mol. The van der Waals surface area contributed by atoms with E-state index >= 15 is 0 Å². The topological polar surface area (TPSA) is 98.9 Å². The van der Waals surface area contributed by atoms with Gasteiger partial charge in [-0.2, -0.15) is 5.26 Å². The Morgan fingerprint density at radius 1 is 1.19 bits per heavy atom. The minimum atomic E-state index is -1.02. The fraction of sp³-hybridized carbons (Fsp3) is 0.360. The van der Waals surface area contributed by atoms with Crippen LogP contribution in [0.1, 0.15) is 49.1 Å². The van der Waals surface area contributed by atoms with E-state index in [9.17, 15) is 14.3 Å². The number of aromatic nitrogens is 2. The van der Waals surface area contributed by atoms with Crippen LogP contribution in [0.15, 0.2) is 48.8 Å². The number of pyridine rings is 2. The van der Waals surface area contributed by atoms with Crippen molar-refractivity contribution in [1.29, 1.82) is 5.26 Å². The Bertz CT molecular complexity index is 1210. The second kappa shape index (κ2) is 7.95. The first-order valence-corrected chi connectivity index (χ1v) is 10.8. The summed E-state index contributed by atoms with van der Waals surface area (Å²) in [6.07, 6.45) is 6.21. The van der Waals surface area contributed by atoms with Gasteiger partial charge in [-0.15, -0.1) is 0 Å².